The number of carbonyl (C=O) groups excluding carboxylic acids is 1. The highest BCUT2D eigenvalue weighted by Gasteiger charge is 2.05. The number of amides is 1. The van der Waals surface area contributed by atoms with Crippen molar-refractivity contribution in [2.24, 2.45) is 5.10 Å². The van der Waals surface area contributed by atoms with Crippen molar-refractivity contribution in [3.63, 3.8) is 0 Å². The molecule has 0 heterocycles. The van der Waals surface area contributed by atoms with E-state index < -0.39 is 5.91 Å². The Balaban J connectivity index is 1.81. The largest absolute Gasteiger partial charge is 0.508 e. The molecule has 0 aliphatic carbocycles. The van der Waals surface area contributed by atoms with E-state index in [9.17, 15) is 4.79 Å². The average molecular weight is 384 g/mol. The van der Waals surface area contributed by atoms with Gasteiger partial charge in [-0.05, 0) is 48.0 Å². The predicted octanol–water partition coefficient (Wildman–Crippen LogP) is 3.34. The lowest BCUT2D eigenvalue weighted by Gasteiger charge is -2.07. The number of nitrogens with one attached hydrogen (secondary N) is 1. The summed E-state index contributed by atoms with van der Waals surface area (Å²) in [5.41, 5.74) is 3.08. The third-order valence-electron chi connectivity index (χ3n) is 2.55. The first-order chi connectivity index (χ1) is 10.5. The van der Waals surface area contributed by atoms with Gasteiger partial charge in [-0.25, -0.2) is 5.43 Å². The molecule has 0 atom stereocenters. The first kappa shape index (κ1) is 16.3. The number of rotatable bonds is 5. The second-order valence-corrected chi connectivity index (χ2v) is 5.57. The van der Waals surface area contributed by atoms with Crippen LogP contribution in [0.25, 0.3) is 0 Å². The molecule has 114 valence electrons. The van der Waals surface area contributed by atoms with Crippen LogP contribution in [0.4, 0.5) is 0 Å². The Morgan fingerprint density at radius 3 is 2.73 bits per heavy atom. The number of halogens is 2. The summed E-state index contributed by atoms with van der Waals surface area (Å²) in [5, 5.41) is 13.3. The van der Waals surface area contributed by atoms with Crippen LogP contribution in [0.2, 0.25) is 5.02 Å². The number of benzene rings is 2. The van der Waals surface area contributed by atoms with Gasteiger partial charge in [-0.1, -0.05) is 27.5 Å². The Morgan fingerprint density at radius 1 is 1.32 bits per heavy atom. The van der Waals surface area contributed by atoms with Crippen LogP contribution >= 0.6 is 27.5 Å². The van der Waals surface area contributed by atoms with E-state index >= 15 is 0 Å². The van der Waals surface area contributed by atoms with Crippen LogP contribution in [0.1, 0.15) is 5.56 Å². The molecular weight excluding hydrogens is 372 g/mol. The maximum atomic E-state index is 11.6. The van der Waals surface area contributed by atoms with Crippen LogP contribution in [0.3, 0.4) is 0 Å². The first-order valence-electron chi connectivity index (χ1n) is 6.23. The minimum absolute atomic E-state index is 0.168. The van der Waals surface area contributed by atoms with Crippen molar-refractivity contribution < 1.29 is 14.6 Å². The Morgan fingerprint density at radius 2 is 2.05 bits per heavy atom. The summed E-state index contributed by atoms with van der Waals surface area (Å²) < 4.78 is 6.13. The lowest BCUT2D eigenvalue weighted by Crippen LogP contribution is -2.24. The summed E-state index contributed by atoms with van der Waals surface area (Å²) in [6.45, 7) is -0.200. The van der Waals surface area contributed by atoms with Crippen molar-refractivity contribution in [2.75, 3.05) is 6.61 Å². The van der Waals surface area contributed by atoms with Gasteiger partial charge in [0.1, 0.15) is 11.5 Å². The molecule has 0 aliphatic heterocycles. The van der Waals surface area contributed by atoms with Gasteiger partial charge in [0.2, 0.25) is 0 Å². The Hall–Kier alpha value is -2.05. The summed E-state index contributed by atoms with van der Waals surface area (Å²) >= 11 is 9.26. The molecule has 0 fully saturated rings. The number of hydrogen-bond donors (Lipinski definition) is 2. The van der Waals surface area contributed by atoms with Gasteiger partial charge in [0.15, 0.2) is 6.61 Å². The van der Waals surface area contributed by atoms with E-state index in [-0.39, 0.29) is 12.4 Å². The maximum absolute atomic E-state index is 11.6. The number of ether oxygens (including phenoxy) is 1. The molecule has 0 unspecified atom stereocenters. The zero-order chi connectivity index (χ0) is 15.9. The van der Waals surface area contributed by atoms with Gasteiger partial charge in [0, 0.05) is 4.47 Å². The second kappa shape index (κ2) is 7.82. The number of hydrazone groups is 1. The van der Waals surface area contributed by atoms with Crippen LogP contribution in [0.15, 0.2) is 52.0 Å². The molecule has 0 spiro atoms. The number of phenolic OH excluding ortho intramolecular Hbond substituents is 1. The van der Waals surface area contributed by atoms with Crippen molar-refractivity contribution in [3.05, 3.63) is 57.5 Å². The van der Waals surface area contributed by atoms with Crippen molar-refractivity contribution >= 4 is 39.7 Å². The fraction of sp³-hybridized carbons (Fsp3) is 0.0667. The molecule has 22 heavy (non-hydrogen) atoms. The topological polar surface area (TPSA) is 70.9 Å². The zero-order valence-electron chi connectivity index (χ0n) is 11.3. The van der Waals surface area contributed by atoms with Gasteiger partial charge in [-0.15, -0.1) is 0 Å². The van der Waals surface area contributed by atoms with E-state index in [4.69, 9.17) is 21.4 Å². The second-order valence-electron chi connectivity index (χ2n) is 4.25. The number of carbonyl (C=O) groups is 1. The minimum Gasteiger partial charge on any atom is -0.508 e. The molecule has 7 heteroatoms. The molecule has 1 amide bonds. The Kier molecular flexibility index (Phi) is 5.80. The highest BCUT2D eigenvalue weighted by molar-refractivity contribution is 9.10. The van der Waals surface area contributed by atoms with E-state index in [1.807, 2.05) is 0 Å². The highest BCUT2D eigenvalue weighted by atomic mass is 79.9. The summed E-state index contributed by atoms with van der Waals surface area (Å²) in [6.07, 6.45) is 1.46. The Labute approximate surface area is 140 Å². The smallest absolute Gasteiger partial charge is 0.277 e. The van der Waals surface area contributed by atoms with E-state index in [2.05, 4.69) is 26.5 Å². The number of nitrogens with zero attached hydrogens (tertiary/aromatic N) is 1. The quantitative estimate of drug-likeness (QED) is 0.614. The van der Waals surface area contributed by atoms with Crippen LogP contribution in [-0.2, 0) is 4.79 Å². The minimum atomic E-state index is -0.408. The van der Waals surface area contributed by atoms with E-state index in [1.165, 1.54) is 18.3 Å². The normalized spacial score (nSPS) is 10.6. The van der Waals surface area contributed by atoms with Crippen LogP contribution < -0.4 is 10.2 Å². The van der Waals surface area contributed by atoms with Crippen LogP contribution in [0.5, 0.6) is 11.5 Å². The fourth-order valence-corrected chi connectivity index (χ4v) is 2.24. The lowest BCUT2D eigenvalue weighted by molar-refractivity contribution is -0.123. The molecule has 2 aromatic carbocycles. The molecule has 2 aromatic rings. The molecule has 0 aromatic heterocycles. The van der Waals surface area contributed by atoms with Gasteiger partial charge in [0.25, 0.3) is 5.91 Å². The van der Waals surface area contributed by atoms with Crippen molar-refractivity contribution in [2.45, 2.75) is 0 Å². The molecular formula is C15H12BrClN2O3. The van der Waals surface area contributed by atoms with Gasteiger partial charge >= 0.3 is 0 Å². The third kappa shape index (κ3) is 5.05. The van der Waals surface area contributed by atoms with Gasteiger partial charge in [-0.2, -0.15) is 5.10 Å². The predicted molar refractivity (Wildman–Crippen MR) is 88.5 cm³/mol. The molecule has 0 radical (unpaired) electrons. The summed E-state index contributed by atoms with van der Waals surface area (Å²) in [5.74, 6) is 0.178. The fourth-order valence-electron chi connectivity index (χ4n) is 1.51. The molecule has 2 N–H and O–H groups in total. The highest BCUT2D eigenvalue weighted by Crippen LogP contribution is 2.27. The number of hydrogen-bond acceptors (Lipinski definition) is 4. The maximum Gasteiger partial charge on any atom is 0.277 e. The molecule has 2 rings (SSSR count). The Bertz CT molecular complexity index is 690. The molecule has 0 saturated heterocycles. The van der Waals surface area contributed by atoms with Gasteiger partial charge in [-0.3, -0.25) is 4.79 Å². The first-order valence-corrected chi connectivity index (χ1v) is 7.40. The number of aromatic hydroxyl groups is 1. The molecule has 0 bridgehead atoms. The summed E-state index contributed by atoms with van der Waals surface area (Å²) in [4.78, 5) is 11.6. The van der Waals surface area contributed by atoms with Crippen molar-refractivity contribution in [1.82, 2.24) is 5.43 Å². The molecule has 0 aliphatic rings. The third-order valence-corrected chi connectivity index (χ3v) is 3.34. The van der Waals surface area contributed by atoms with Crippen molar-refractivity contribution in [1.29, 1.82) is 0 Å². The van der Waals surface area contributed by atoms with E-state index in [1.54, 1.807) is 30.3 Å². The average Bonchev–Trinajstić information content (AvgIpc) is 2.48. The monoisotopic (exact) mass is 382 g/mol. The number of phenols is 1. The van der Waals surface area contributed by atoms with E-state index in [0.717, 1.165) is 10.0 Å². The zero-order valence-corrected chi connectivity index (χ0v) is 13.6. The van der Waals surface area contributed by atoms with Crippen LogP contribution in [0, 0.1) is 0 Å². The molecule has 5 nitrogen and oxygen atoms in total. The summed E-state index contributed by atoms with van der Waals surface area (Å²) in [6, 6.07) is 11.5. The van der Waals surface area contributed by atoms with Crippen molar-refractivity contribution in [3.8, 4) is 11.5 Å². The van der Waals surface area contributed by atoms with Gasteiger partial charge in [0.05, 0.1) is 11.2 Å². The lowest BCUT2D eigenvalue weighted by atomic mass is 10.2. The van der Waals surface area contributed by atoms with Gasteiger partial charge < -0.3 is 9.84 Å². The summed E-state index contributed by atoms with van der Waals surface area (Å²) in [7, 11) is 0. The molecule has 0 saturated carbocycles. The standard InChI is InChI=1S/C15H12BrClN2O3/c16-11-3-6-14(13(17)7-11)22-9-15(21)19-18-8-10-1-4-12(20)5-2-10/h1-8,20H,9H2,(H,19,21)/b18-8+. The van der Waals surface area contributed by atoms with E-state index in [0.29, 0.717) is 10.8 Å². The van der Waals surface area contributed by atoms with Crippen LogP contribution in [-0.4, -0.2) is 23.8 Å². The SMILES string of the molecule is O=C(COc1ccc(Br)cc1Cl)N/N=C/c1ccc(O)cc1.